The molecule has 0 spiro atoms. The summed E-state index contributed by atoms with van der Waals surface area (Å²) in [4.78, 5) is 63.9. The van der Waals surface area contributed by atoms with Crippen LogP contribution in [0.15, 0.2) is 66.9 Å². The minimum atomic E-state index is -1.07. The van der Waals surface area contributed by atoms with Crippen LogP contribution in [0.3, 0.4) is 0 Å². The fraction of sp³-hybridized carbons (Fsp3) is 0.366. The van der Waals surface area contributed by atoms with Crippen LogP contribution in [0.4, 0.5) is 14.5 Å². The molecule has 3 heterocycles. The summed E-state index contributed by atoms with van der Waals surface area (Å²) in [5, 5.41) is 5.87. The topological polar surface area (TPSA) is 181 Å². The minimum Gasteiger partial charge on any atom is -0.490 e. The molecule has 0 aliphatic carbocycles. The van der Waals surface area contributed by atoms with E-state index in [-0.39, 0.29) is 99.8 Å². The van der Waals surface area contributed by atoms with Crippen LogP contribution in [0.2, 0.25) is 0 Å². The lowest BCUT2D eigenvalue weighted by Gasteiger charge is -2.27. The highest BCUT2D eigenvalue weighted by Crippen LogP contribution is 2.35. The van der Waals surface area contributed by atoms with Crippen molar-refractivity contribution in [3.05, 3.63) is 83.6 Å². The standard InChI is InChI=1S/C41H43F2N5O9S/c42-21-25(22-43)23-47-24-31(26-3-1-4-27(19-26)38(44)58)29-8-7-28(20-33(29)47)45-36(50)11-12-54-13-14-55-15-16-56-17-18-57-34-6-2-5-30-37(34)41(53)48(40(30)52)32-9-10-35(49)46-39(32)51/h1-8,19-20,24-25,32H,9-18,21-23H2,(H2,44,58)(H,45,50)(H,46,49,51). The molecule has 2 aliphatic heterocycles. The summed E-state index contributed by atoms with van der Waals surface area (Å²) >= 11 is 5.14. The number of hydrogen-bond donors (Lipinski definition) is 3. The molecule has 58 heavy (non-hydrogen) atoms. The van der Waals surface area contributed by atoms with E-state index in [0.717, 1.165) is 21.4 Å². The molecule has 1 unspecified atom stereocenters. The lowest BCUT2D eigenvalue weighted by molar-refractivity contribution is -0.136. The first-order chi connectivity index (χ1) is 28.1. The number of aromatic nitrogens is 1. The highest BCUT2D eigenvalue weighted by atomic mass is 32.1. The number of amides is 5. The SMILES string of the molecule is NC(=S)c1cccc(-c2cn(CC(CF)CF)c3cc(NC(=O)CCOCCOCCOCCOc4cccc5c4C(=O)N(C4CCC(=O)NC4=O)C5=O)ccc23)c1. The Morgan fingerprint density at radius 1 is 0.879 bits per heavy atom. The van der Waals surface area contributed by atoms with Crippen LogP contribution in [0.5, 0.6) is 5.75 Å². The maximum Gasteiger partial charge on any atom is 0.266 e. The molecule has 6 rings (SSSR count). The van der Waals surface area contributed by atoms with E-state index < -0.39 is 48.9 Å². The number of nitrogens with zero attached hydrogens (tertiary/aromatic N) is 2. The third kappa shape index (κ3) is 9.90. The Morgan fingerprint density at radius 3 is 2.29 bits per heavy atom. The molecular weight excluding hydrogens is 777 g/mol. The van der Waals surface area contributed by atoms with Gasteiger partial charge in [-0.1, -0.05) is 42.5 Å². The van der Waals surface area contributed by atoms with Crippen molar-refractivity contribution in [1.82, 2.24) is 14.8 Å². The quantitative estimate of drug-likeness (QED) is 0.0618. The van der Waals surface area contributed by atoms with Gasteiger partial charge in [0.2, 0.25) is 17.7 Å². The number of rotatable bonds is 21. The van der Waals surface area contributed by atoms with E-state index in [9.17, 15) is 32.8 Å². The first-order valence-electron chi connectivity index (χ1n) is 18.7. The number of ether oxygens (including phenoxy) is 4. The van der Waals surface area contributed by atoms with E-state index in [4.69, 9.17) is 36.9 Å². The van der Waals surface area contributed by atoms with Gasteiger partial charge in [-0.3, -0.25) is 43.0 Å². The van der Waals surface area contributed by atoms with Gasteiger partial charge in [0, 0.05) is 47.3 Å². The fourth-order valence-corrected chi connectivity index (χ4v) is 6.88. The number of hydrogen-bond acceptors (Lipinski definition) is 10. The number of thiocarbonyl (C=S) groups is 1. The third-order valence-electron chi connectivity index (χ3n) is 9.65. The molecule has 17 heteroatoms. The Balaban J connectivity index is 0.883. The average molecular weight is 820 g/mol. The number of piperidine rings is 1. The van der Waals surface area contributed by atoms with Gasteiger partial charge in [0.05, 0.1) is 76.1 Å². The molecule has 4 N–H and O–H groups in total. The van der Waals surface area contributed by atoms with Gasteiger partial charge in [0.25, 0.3) is 11.8 Å². The van der Waals surface area contributed by atoms with Gasteiger partial charge in [-0.15, -0.1) is 0 Å². The van der Waals surface area contributed by atoms with Crippen molar-refractivity contribution in [2.45, 2.75) is 31.8 Å². The van der Waals surface area contributed by atoms with Crippen LogP contribution in [0.25, 0.3) is 22.0 Å². The van der Waals surface area contributed by atoms with Crippen LogP contribution in [0.1, 0.15) is 45.5 Å². The van der Waals surface area contributed by atoms with Crippen LogP contribution < -0.4 is 21.1 Å². The number of alkyl halides is 2. The zero-order valence-electron chi connectivity index (χ0n) is 31.5. The van der Waals surface area contributed by atoms with Crippen molar-refractivity contribution in [2.75, 3.05) is 64.9 Å². The third-order valence-corrected chi connectivity index (χ3v) is 9.88. The van der Waals surface area contributed by atoms with Gasteiger partial charge < -0.3 is 34.6 Å². The highest BCUT2D eigenvalue weighted by Gasteiger charge is 2.46. The second-order valence-corrected chi connectivity index (χ2v) is 14.1. The normalized spacial score (nSPS) is 15.3. The van der Waals surface area contributed by atoms with Crippen molar-refractivity contribution in [3.8, 4) is 16.9 Å². The Morgan fingerprint density at radius 2 is 1.59 bits per heavy atom. The van der Waals surface area contributed by atoms with Crippen LogP contribution in [0, 0.1) is 5.92 Å². The van der Waals surface area contributed by atoms with Crippen molar-refractivity contribution in [2.24, 2.45) is 11.7 Å². The van der Waals surface area contributed by atoms with Gasteiger partial charge in [-0.2, -0.15) is 0 Å². The first kappa shape index (κ1) is 42.0. The van der Waals surface area contributed by atoms with E-state index in [0.29, 0.717) is 16.8 Å². The van der Waals surface area contributed by atoms with E-state index in [1.807, 2.05) is 36.5 Å². The molecule has 306 valence electrons. The van der Waals surface area contributed by atoms with Crippen molar-refractivity contribution < 1.29 is 51.7 Å². The van der Waals surface area contributed by atoms with Crippen molar-refractivity contribution >= 4 is 63.3 Å². The van der Waals surface area contributed by atoms with Gasteiger partial charge in [-0.05, 0) is 42.3 Å². The second-order valence-electron chi connectivity index (χ2n) is 13.7. The van der Waals surface area contributed by atoms with Gasteiger partial charge >= 0.3 is 0 Å². The smallest absolute Gasteiger partial charge is 0.266 e. The molecule has 2 aliphatic rings. The number of fused-ring (bicyclic) bond motifs is 2. The number of benzene rings is 3. The molecule has 1 atom stereocenters. The summed E-state index contributed by atoms with van der Waals surface area (Å²) < 4.78 is 51.2. The van der Waals surface area contributed by atoms with E-state index in [2.05, 4.69) is 10.6 Å². The van der Waals surface area contributed by atoms with Crippen molar-refractivity contribution in [1.29, 1.82) is 0 Å². The highest BCUT2D eigenvalue weighted by molar-refractivity contribution is 7.80. The van der Waals surface area contributed by atoms with Crippen molar-refractivity contribution in [3.63, 3.8) is 0 Å². The lowest BCUT2D eigenvalue weighted by Crippen LogP contribution is -2.54. The number of nitrogens with two attached hydrogens (primary N) is 1. The molecule has 1 aromatic heterocycles. The zero-order chi connectivity index (χ0) is 41.2. The number of anilines is 1. The second kappa shape index (κ2) is 19.7. The molecule has 0 bridgehead atoms. The average Bonchev–Trinajstić information content (AvgIpc) is 3.70. The summed E-state index contributed by atoms with van der Waals surface area (Å²) in [6.07, 6.45) is 2.02. The largest absolute Gasteiger partial charge is 0.490 e. The van der Waals surface area contributed by atoms with E-state index >= 15 is 0 Å². The summed E-state index contributed by atoms with van der Waals surface area (Å²) in [6.45, 7) is -0.0394. The predicted molar refractivity (Wildman–Crippen MR) is 213 cm³/mol. The molecular formula is C41H43F2N5O9S. The molecule has 1 fully saturated rings. The number of carbonyl (C=O) groups is 5. The maximum atomic E-state index is 13.5. The summed E-state index contributed by atoms with van der Waals surface area (Å²) in [5.74, 6) is -3.30. The summed E-state index contributed by atoms with van der Waals surface area (Å²) in [5.41, 5.74) is 9.65. The lowest BCUT2D eigenvalue weighted by atomic mass is 10.0. The molecule has 0 saturated carbocycles. The fourth-order valence-electron chi connectivity index (χ4n) is 6.75. The Labute approximate surface area is 337 Å². The first-order valence-corrected chi connectivity index (χ1v) is 19.2. The van der Waals surface area contributed by atoms with Crippen LogP contribution in [-0.2, 0) is 35.1 Å². The van der Waals surface area contributed by atoms with Gasteiger partial charge in [-0.25, -0.2) is 0 Å². The summed E-state index contributed by atoms with van der Waals surface area (Å²) in [7, 11) is 0. The minimum absolute atomic E-state index is 0.0270. The van der Waals surface area contributed by atoms with E-state index in [1.54, 1.807) is 28.8 Å². The van der Waals surface area contributed by atoms with E-state index in [1.165, 1.54) is 6.07 Å². The Kier molecular flexibility index (Phi) is 14.3. The Hall–Kier alpha value is -5.62. The Bertz CT molecular complexity index is 2190. The van der Waals surface area contributed by atoms with Gasteiger partial charge in [0.15, 0.2) is 0 Å². The predicted octanol–water partition coefficient (Wildman–Crippen LogP) is 4.36. The number of nitrogens with one attached hydrogen (secondary N) is 2. The molecule has 1 saturated heterocycles. The molecule has 4 aromatic rings. The number of imide groups is 2. The molecule has 5 amide bonds. The summed E-state index contributed by atoms with van der Waals surface area (Å²) in [6, 6.07) is 16.4. The number of carbonyl (C=O) groups excluding carboxylic acids is 5. The monoisotopic (exact) mass is 819 g/mol. The molecule has 0 radical (unpaired) electrons. The van der Waals surface area contributed by atoms with Gasteiger partial charge in [0.1, 0.15) is 23.4 Å². The maximum absolute atomic E-state index is 13.5. The zero-order valence-corrected chi connectivity index (χ0v) is 32.3. The van der Waals surface area contributed by atoms with Crippen LogP contribution >= 0.6 is 12.2 Å². The molecule has 14 nitrogen and oxygen atoms in total. The number of halogens is 2. The van der Waals surface area contributed by atoms with Crippen LogP contribution in [-0.4, -0.2) is 110 Å². The molecule has 3 aromatic carbocycles.